The van der Waals surface area contributed by atoms with Crippen molar-refractivity contribution < 1.29 is 13.9 Å². The van der Waals surface area contributed by atoms with E-state index in [1.54, 1.807) is 16.2 Å². The number of rotatable bonds is 3. The van der Waals surface area contributed by atoms with Gasteiger partial charge in [0.05, 0.1) is 18.4 Å². The molecule has 0 saturated carbocycles. The van der Waals surface area contributed by atoms with Gasteiger partial charge in [0.2, 0.25) is 0 Å². The number of anilines is 1. The Labute approximate surface area is 151 Å². The first-order valence-electron chi connectivity index (χ1n) is 8.31. The summed E-state index contributed by atoms with van der Waals surface area (Å²) >= 11 is 1.69. The van der Waals surface area contributed by atoms with Gasteiger partial charge in [-0.3, -0.25) is 4.79 Å². The molecule has 1 aromatic carbocycles. The Bertz CT molecular complexity index is 758. The second kappa shape index (κ2) is 7.39. The fourth-order valence-corrected chi connectivity index (χ4v) is 3.88. The average molecular weight is 363 g/mol. The van der Waals surface area contributed by atoms with Gasteiger partial charge in [0.25, 0.3) is 5.91 Å². The molecular formula is C18H22FN3O2S. The Morgan fingerprint density at radius 3 is 2.72 bits per heavy atom. The molecule has 1 fully saturated rings. The molecule has 0 aliphatic carbocycles. The third kappa shape index (κ3) is 3.76. The predicted octanol–water partition coefficient (Wildman–Crippen LogP) is 3.26. The van der Waals surface area contributed by atoms with E-state index in [0.717, 1.165) is 30.3 Å². The average Bonchev–Trinajstić information content (AvgIpc) is 2.81. The van der Waals surface area contributed by atoms with Crippen LogP contribution in [0.5, 0.6) is 5.75 Å². The highest BCUT2D eigenvalue weighted by atomic mass is 32.1. The first-order valence-corrected chi connectivity index (χ1v) is 9.13. The van der Waals surface area contributed by atoms with Gasteiger partial charge in [-0.25, -0.2) is 9.37 Å². The molecule has 2 heterocycles. The number of thiazole rings is 1. The van der Waals surface area contributed by atoms with Crippen LogP contribution in [0, 0.1) is 19.7 Å². The second-order valence-corrected chi connectivity index (χ2v) is 7.30. The molecule has 0 radical (unpaired) electrons. The zero-order valence-corrected chi connectivity index (χ0v) is 15.5. The molecule has 1 aliphatic rings. The molecule has 7 heteroatoms. The summed E-state index contributed by atoms with van der Waals surface area (Å²) in [4.78, 5) is 22.7. The Morgan fingerprint density at radius 2 is 2.04 bits per heavy atom. The Kier molecular flexibility index (Phi) is 5.22. The lowest BCUT2D eigenvalue weighted by atomic mass is 10.1. The quantitative estimate of drug-likeness (QED) is 0.840. The molecule has 0 atom stereocenters. The number of hydrogen-bond acceptors (Lipinski definition) is 5. The third-order valence-corrected chi connectivity index (χ3v) is 5.60. The maximum Gasteiger partial charge on any atom is 0.257 e. The normalized spacial score (nSPS) is 15.2. The summed E-state index contributed by atoms with van der Waals surface area (Å²) in [7, 11) is 1.49. The molecule has 0 bridgehead atoms. The number of amides is 1. The molecule has 25 heavy (non-hydrogen) atoms. The van der Waals surface area contributed by atoms with Crippen molar-refractivity contribution in [2.75, 3.05) is 38.2 Å². The fourth-order valence-electron chi connectivity index (χ4n) is 2.92. The molecule has 3 rings (SSSR count). The van der Waals surface area contributed by atoms with Gasteiger partial charge in [-0.15, -0.1) is 11.3 Å². The molecule has 134 valence electrons. The number of halogens is 1. The number of ether oxygens (including phenoxy) is 1. The zero-order valence-electron chi connectivity index (χ0n) is 14.7. The number of carbonyl (C=O) groups excluding carboxylic acids is 1. The van der Waals surface area contributed by atoms with Gasteiger partial charge >= 0.3 is 0 Å². The van der Waals surface area contributed by atoms with Crippen molar-refractivity contribution in [1.29, 1.82) is 0 Å². The minimum Gasteiger partial charge on any atom is -0.496 e. The van der Waals surface area contributed by atoms with Crippen molar-refractivity contribution in [2.45, 2.75) is 20.3 Å². The van der Waals surface area contributed by atoms with Gasteiger partial charge in [0.15, 0.2) is 5.13 Å². The van der Waals surface area contributed by atoms with Crippen LogP contribution in [0.2, 0.25) is 0 Å². The lowest BCUT2D eigenvalue weighted by Gasteiger charge is -2.22. The molecule has 0 spiro atoms. The Hall–Kier alpha value is -2.15. The summed E-state index contributed by atoms with van der Waals surface area (Å²) in [5, 5.41) is 1.01. The topological polar surface area (TPSA) is 45.7 Å². The number of carbonyl (C=O) groups is 1. The monoisotopic (exact) mass is 363 g/mol. The van der Waals surface area contributed by atoms with Crippen LogP contribution < -0.4 is 9.64 Å². The van der Waals surface area contributed by atoms with Crippen molar-refractivity contribution in [2.24, 2.45) is 0 Å². The molecule has 1 aromatic heterocycles. The Balaban J connectivity index is 1.74. The van der Waals surface area contributed by atoms with Crippen molar-refractivity contribution in [3.8, 4) is 5.75 Å². The van der Waals surface area contributed by atoms with Gasteiger partial charge in [-0.2, -0.15) is 0 Å². The van der Waals surface area contributed by atoms with Gasteiger partial charge in [0, 0.05) is 31.1 Å². The van der Waals surface area contributed by atoms with E-state index in [1.165, 1.54) is 30.2 Å². The zero-order chi connectivity index (χ0) is 18.0. The minimum absolute atomic E-state index is 0.190. The van der Waals surface area contributed by atoms with E-state index >= 15 is 0 Å². The number of aromatic nitrogens is 1. The maximum atomic E-state index is 13.6. The highest BCUT2D eigenvalue weighted by Gasteiger charge is 2.24. The van der Waals surface area contributed by atoms with Crippen LogP contribution in [0.3, 0.4) is 0 Å². The van der Waals surface area contributed by atoms with E-state index in [4.69, 9.17) is 4.74 Å². The summed E-state index contributed by atoms with van der Waals surface area (Å²) < 4.78 is 18.8. The van der Waals surface area contributed by atoms with E-state index in [-0.39, 0.29) is 11.5 Å². The van der Waals surface area contributed by atoms with Crippen LogP contribution in [0.1, 0.15) is 27.3 Å². The molecule has 5 nitrogen and oxygen atoms in total. The van der Waals surface area contributed by atoms with Gasteiger partial charge < -0.3 is 14.5 Å². The standard InChI is InChI=1S/C18H22FN3O2S/c1-12-13(2)25-18(20-12)22-8-4-7-21(9-10-22)17(23)15-11-14(19)5-6-16(15)24-3/h5-6,11H,4,7-10H2,1-3H3. The first-order chi connectivity index (χ1) is 12.0. The molecule has 2 aromatic rings. The van der Waals surface area contributed by atoms with E-state index in [9.17, 15) is 9.18 Å². The van der Waals surface area contributed by atoms with Crippen molar-refractivity contribution in [3.05, 3.63) is 40.2 Å². The van der Waals surface area contributed by atoms with E-state index in [2.05, 4.69) is 16.8 Å². The summed E-state index contributed by atoms with van der Waals surface area (Å²) in [6.45, 7) is 6.88. The maximum absolute atomic E-state index is 13.6. The van der Waals surface area contributed by atoms with Crippen LogP contribution in [-0.2, 0) is 0 Å². The molecular weight excluding hydrogens is 341 g/mol. The number of benzene rings is 1. The van der Waals surface area contributed by atoms with Gasteiger partial charge in [-0.1, -0.05) is 0 Å². The second-order valence-electron chi connectivity index (χ2n) is 6.12. The number of aryl methyl sites for hydroxylation is 2. The largest absolute Gasteiger partial charge is 0.496 e. The molecule has 1 amide bonds. The van der Waals surface area contributed by atoms with Crippen LogP contribution in [0.15, 0.2) is 18.2 Å². The van der Waals surface area contributed by atoms with Crippen LogP contribution in [-0.4, -0.2) is 49.1 Å². The lowest BCUT2D eigenvalue weighted by molar-refractivity contribution is 0.0763. The molecule has 0 N–H and O–H groups in total. The predicted molar refractivity (Wildman–Crippen MR) is 97.3 cm³/mol. The van der Waals surface area contributed by atoms with Crippen molar-refractivity contribution in [1.82, 2.24) is 9.88 Å². The number of nitrogens with zero attached hydrogens (tertiary/aromatic N) is 3. The van der Waals surface area contributed by atoms with Gasteiger partial charge in [-0.05, 0) is 38.5 Å². The smallest absolute Gasteiger partial charge is 0.257 e. The summed E-state index contributed by atoms with van der Waals surface area (Å²) in [5.41, 5.74) is 1.33. The van der Waals surface area contributed by atoms with Crippen LogP contribution >= 0.6 is 11.3 Å². The first kappa shape index (κ1) is 17.7. The minimum atomic E-state index is -0.436. The Morgan fingerprint density at radius 1 is 1.24 bits per heavy atom. The number of hydrogen-bond donors (Lipinski definition) is 0. The third-order valence-electron chi connectivity index (χ3n) is 4.46. The molecule has 1 aliphatic heterocycles. The van der Waals surface area contributed by atoms with Crippen molar-refractivity contribution >= 4 is 22.4 Å². The SMILES string of the molecule is COc1ccc(F)cc1C(=O)N1CCCN(c2nc(C)c(C)s2)CC1. The molecule has 1 saturated heterocycles. The van der Waals surface area contributed by atoms with Crippen LogP contribution in [0.25, 0.3) is 0 Å². The summed E-state index contributed by atoms with van der Waals surface area (Å²) in [6.07, 6.45) is 0.848. The lowest BCUT2D eigenvalue weighted by Crippen LogP contribution is -2.35. The van der Waals surface area contributed by atoms with Crippen molar-refractivity contribution in [3.63, 3.8) is 0 Å². The highest BCUT2D eigenvalue weighted by Crippen LogP contribution is 2.27. The molecule has 0 unspecified atom stereocenters. The fraction of sp³-hybridized carbons (Fsp3) is 0.444. The van der Waals surface area contributed by atoms with Crippen LogP contribution in [0.4, 0.5) is 9.52 Å². The summed E-state index contributed by atoms with van der Waals surface area (Å²) in [5.74, 6) is -0.224. The highest BCUT2D eigenvalue weighted by molar-refractivity contribution is 7.15. The van der Waals surface area contributed by atoms with E-state index in [1.807, 2.05) is 6.92 Å². The van der Waals surface area contributed by atoms with E-state index < -0.39 is 5.82 Å². The van der Waals surface area contributed by atoms with Gasteiger partial charge in [0.1, 0.15) is 11.6 Å². The van der Waals surface area contributed by atoms with E-state index in [0.29, 0.717) is 18.8 Å². The summed E-state index contributed by atoms with van der Waals surface area (Å²) in [6, 6.07) is 4.04. The number of methoxy groups -OCH3 is 1.